The topological polar surface area (TPSA) is 71.8 Å². The third kappa shape index (κ3) is 1.61. The van der Waals surface area contributed by atoms with Gasteiger partial charge in [0.05, 0.1) is 46.1 Å². The Morgan fingerprint density at radius 1 is 1.19 bits per heavy atom. The fourth-order valence-corrected chi connectivity index (χ4v) is 2.52. The number of benzene rings is 1. The summed E-state index contributed by atoms with van der Waals surface area (Å²) in [7, 11) is 1.95. The smallest absolute Gasteiger partial charge is 0.144 e. The summed E-state index contributed by atoms with van der Waals surface area (Å²) in [6, 6.07) is 7.64. The van der Waals surface area contributed by atoms with Crippen molar-refractivity contribution in [3.05, 3.63) is 48.5 Å². The molecule has 0 atom stereocenters. The summed E-state index contributed by atoms with van der Waals surface area (Å²) < 4.78 is 3.77. The van der Waals surface area contributed by atoms with Crippen LogP contribution in [-0.2, 0) is 7.05 Å². The number of imidazole rings is 1. The number of fused-ring (bicyclic) bond motifs is 2. The molecule has 3 aromatic heterocycles. The number of nitrogens with zero attached hydrogens (tertiary/aromatic N) is 6. The normalized spacial score (nSPS) is 11.0. The summed E-state index contributed by atoms with van der Waals surface area (Å²) in [6.45, 7) is 0. The Labute approximate surface area is 119 Å². The van der Waals surface area contributed by atoms with E-state index in [2.05, 4.69) is 21.1 Å². The van der Waals surface area contributed by atoms with Crippen LogP contribution in [0, 0.1) is 11.3 Å². The van der Waals surface area contributed by atoms with Crippen LogP contribution >= 0.6 is 0 Å². The molecule has 0 saturated carbocycles. The maximum absolute atomic E-state index is 8.99. The minimum atomic E-state index is 0.605. The van der Waals surface area contributed by atoms with E-state index in [4.69, 9.17) is 5.26 Å². The van der Waals surface area contributed by atoms with Gasteiger partial charge in [-0.15, -0.1) is 0 Å². The van der Waals surface area contributed by atoms with Crippen LogP contribution in [0.5, 0.6) is 0 Å². The minimum absolute atomic E-state index is 0.605. The van der Waals surface area contributed by atoms with Crippen LogP contribution in [0.2, 0.25) is 0 Å². The van der Waals surface area contributed by atoms with Crippen molar-refractivity contribution in [2.45, 2.75) is 0 Å². The monoisotopic (exact) mass is 274 g/mol. The molecule has 0 saturated heterocycles. The largest absolute Gasteiger partial charge is 0.327 e. The van der Waals surface area contributed by atoms with Crippen LogP contribution in [0.3, 0.4) is 0 Å². The quantitative estimate of drug-likeness (QED) is 0.533. The number of aryl methyl sites for hydroxylation is 1. The Morgan fingerprint density at radius 2 is 2.10 bits per heavy atom. The van der Waals surface area contributed by atoms with Crippen molar-refractivity contribution in [1.82, 2.24) is 24.1 Å². The highest BCUT2D eigenvalue weighted by Gasteiger charge is 2.14. The zero-order valence-electron chi connectivity index (χ0n) is 11.2. The van der Waals surface area contributed by atoms with E-state index in [0.717, 1.165) is 27.9 Å². The van der Waals surface area contributed by atoms with Crippen LogP contribution in [0.4, 0.5) is 0 Å². The first kappa shape index (κ1) is 11.6. The maximum atomic E-state index is 8.99. The van der Waals surface area contributed by atoms with Crippen LogP contribution < -0.4 is 0 Å². The molecule has 4 aromatic rings. The van der Waals surface area contributed by atoms with E-state index in [1.807, 2.05) is 17.7 Å². The highest BCUT2D eigenvalue weighted by molar-refractivity contribution is 5.85. The van der Waals surface area contributed by atoms with Gasteiger partial charge in [-0.2, -0.15) is 10.4 Å². The predicted molar refractivity (Wildman–Crippen MR) is 77.4 cm³/mol. The Hall–Kier alpha value is -3.20. The third-order valence-electron chi connectivity index (χ3n) is 3.58. The van der Waals surface area contributed by atoms with Gasteiger partial charge in [-0.05, 0) is 18.2 Å². The van der Waals surface area contributed by atoms with Crippen molar-refractivity contribution >= 4 is 16.6 Å². The van der Waals surface area contributed by atoms with Crippen LogP contribution in [0.15, 0.2) is 43.0 Å². The Balaban J connectivity index is 2.02. The molecule has 0 radical (unpaired) electrons. The first-order valence-electron chi connectivity index (χ1n) is 6.42. The van der Waals surface area contributed by atoms with E-state index in [9.17, 15) is 0 Å². The second-order valence-electron chi connectivity index (χ2n) is 4.77. The number of hydrogen-bond donors (Lipinski definition) is 0. The number of aromatic nitrogens is 5. The Bertz CT molecular complexity index is 1020. The molecule has 0 amide bonds. The van der Waals surface area contributed by atoms with Gasteiger partial charge in [0.15, 0.2) is 0 Å². The molecule has 0 aliphatic heterocycles. The maximum Gasteiger partial charge on any atom is 0.144 e. The van der Waals surface area contributed by atoms with Crippen molar-refractivity contribution in [2.24, 2.45) is 7.05 Å². The average Bonchev–Trinajstić information content (AvgIpc) is 3.08. The lowest BCUT2D eigenvalue weighted by Gasteiger charge is -2.00. The summed E-state index contributed by atoms with van der Waals surface area (Å²) >= 11 is 0. The molecule has 3 heterocycles. The number of hydrogen-bond acceptors (Lipinski definition) is 4. The summed E-state index contributed by atoms with van der Waals surface area (Å²) in [4.78, 5) is 8.79. The van der Waals surface area contributed by atoms with Gasteiger partial charge in [-0.25, -0.2) is 9.50 Å². The fraction of sp³-hybridized carbons (Fsp3) is 0.0667. The molecule has 1 aromatic carbocycles. The second kappa shape index (κ2) is 4.15. The van der Waals surface area contributed by atoms with E-state index in [-0.39, 0.29) is 0 Å². The van der Waals surface area contributed by atoms with E-state index in [1.54, 1.807) is 41.4 Å². The fourth-order valence-electron chi connectivity index (χ4n) is 2.52. The zero-order valence-corrected chi connectivity index (χ0v) is 11.2. The molecule has 6 nitrogen and oxygen atoms in total. The molecule has 0 aliphatic rings. The van der Waals surface area contributed by atoms with Gasteiger partial charge < -0.3 is 4.57 Å². The first-order chi connectivity index (χ1) is 10.3. The molecule has 4 rings (SSSR count). The zero-order chi connectivity index (χ0) is 14.4. The van der Waals surface area contributed by atoms with Gasteiger partial charge in [0.2, 0.25) is 0 Å². The highest BCUT2D eigenvalue weighted by atomic mass is 15.2. The van der Waals surface area contributed by atoms with Gasteiger partial charge in [0, 0.05) is 19.4 Å². The molecule has 0 aliphatic carbocycles. The number of nitriles is 1. The molecule has 100 valence electrons. The molecular formula is C15H10N6. The highest BCUT2D eigenvalue weighted by Crippen LogP contribution is 2.27. The molecule has 21 heavy (non-hydrogen) atoms. The van der Waals surface area contributed by atoms with E-state index in [1.165, 1.54) is 0 Å². The molecule has 0 bridgehead atoms. The molecular weight excluding hydrogens is 264 g/mol. The number of rotatable bonds is 1. The van der Waals surface area contributed by atoms with Gasteiger partial charge in [-0.1, -0.05) is 0 Å². The molecule has 6 heteroatoms. The summed E-state index contributed by atoms with van der Waals surface area (Å²) in [5.41, 5.74) is 4.20. The van der Waals surface area contributed by atoms with Gasteiger partial charge in [-0.3, -0.25) is 4.98 Å². The SMILES string of the molecule is Cn1c(-c2cnn3ccncc23)nc2cc(C#N)ccc21. The lowest BCUT2D eigenvalue weighted by Crippen LogP contribution is -1.92. The lowest BCUT2D eigenvalue weighted by atomic mass is 10.2. The second-order valence-corrected chi connectivity index (χ2v) is 4.77. The molecule has 0 fully saturated rings. The summed E-state index contributed by atoms with van der Waals surface area (Å²) in [5, 5.41) is 13.3. The predicted octanol–water partition coefficient (Wildman–Crippen LogP) is 2.15. The van der Waals surface area contributed by atoms with Gasteiger partial charge in [0.25, 0.3) is 0 Å². The van der Waals surface area contributed by atoms with E-state index < -0.39 is 0 Å². The van der Waals surface area contributed by atoms with E-state index >= 15 is 0 Å². The Morgan fingerprint density at radius 3 is 2.95 bits per heavy atom. The van der Waals surface area contributed by atoms with Gasteiger partial charge in [0.1, 0.15) is 5.82 Å². The van der Waals surface area contributed by atoms with Crippen molar-refractivity contribution in [1.29, 1.82) is 5.26 Å². The Kier molecular flexibility index (Phi) is 2.29. The van der Waals surface area contributed by atoms with E-state index in [0.29, 0.717) is 5.56 Å². The van der Waals surface area contributed by atoms with Crippen LogP contribution in [0.1, 0.15) is 5.56 Å². The standard InChI is InChI=1S/C15H10N6/c1-20-13-3-2-10(7-16)6-12(13)19-15(20)11-8-18-21-5-4-17-9-14(11)21/h2-6,8-9H,1H3. The van der Waals surface area contributed by atoms with Crippen molar-refractivity contribution in [2.75, 3.05) is 0 Å². The lowest BCUT2D eigenvalue weighted by molar-refractivity contribution is 0.946. The third-order valence-corrected chi connectivity index (χ3v) is 3.58. The van der Waals surface area contributed by atoms with Crippen molar-refractivity contribution in [3.63, 3.8) is 0 Å². The summed E-state index contributed by atoms with van der Waals surface area (Å²) in [5.74, 6) is 0.808. The molecule has 0 unspecified atom stereocenters. The minimum Gasteiger partial charge on any atom is -0.327 e. The molecule has 0 N–H and O–H groups in total. The van der Waals surface area contributed by atoms with Crippen molar-refractivity contribution < 1.29 is 0 Å². The van der Waals surface area contributed by atoms with Crippen LogP contribution in [-0.4, -0.2) is 24.1 Å². The van der Waals surface area contributed by atoms with Gasteiger partial charge >= 0.3 is 0 Å². The molecule has 0 spiro atoms. The van der Waals surface area contributed by atoms with Crippen LogP contribution in [0.25, 0.3) is 27.9 Å². The first-order valence-corrected chi connectivity index (χ1v) is 6.42. The average molecular weight is 274 g/mol. The van der Waals surface area contributed by atoms with Crippen molar-refractivity contribution in [3.8, 4) is 17.5 Å². The summed E-state index contributed by atoms with van der Waals surface area (Å²) in [6.07, 6.45) is 7.04.